The Morgan fingerprint density at radius 1 is 1.30 bits per heavy atom. The predicted molar refractivity (Wildman–Crippen MR) is 99.7 cm³/mol. The van der Waals surface area contributed by atoms with Gasteiger partial charge in [-0.2, -0.15) is 0 Å². The van der Waals surface area contributed by atoms with Crippen LogP contribution >= 0.6 is 0 Å². The summed E-state index contributed by atoms with van der Waals surface area (Å²) in [5.41, 5.74) is 0.332. The Morgan fingerprint density at radius 3 is 2.96 bits per heavy atom. The second-order valence-electron chi connectivity index (χ2n) is 7.13. The number of anilines is 2. The molecule has 2 aliphatic rings. The normalized spacial score (nSPS) is 23.9. The third-order valence-corrected chi connectivity index (χ3v) is 5.18. The largest absolute Gasteiger partial charge is 0.376 e. The maximum absolute atomic E-state index is 12.2. The van der Waals surface area contributed by atoms with Crippen molar-refractivity contribution in [3.05, 3.63) is 36.7 Å². The van der Waals surface area contributed by atoms with E-state index in [4.69, 9.17) is 4.74 Å². The van der Waals surface area contributed by atoms with E-state index < -0.39 is 0 Å². The molecule has 9 nitrogen and oxygen atoms in total. The molecule has 2 aromatic heterocycles. The third-order valence-electron chi connectivity index (χ3n) is 5.18. The maximum atomic E-state index is 12.2. The fourth-order valence-corrected chi connectivity index (χ4v) is 3.68. The molecular formula is C18H23N7O2. The van der Waals surface area contributed by atoms with Gasteiger partial charge in [0.1, 0.15) is 23.7 Å². The van der Waals surface area contributed by atoms with Gasteiger partial charge in [0.25, 0.3) is 5.91 Å². The molecule has 0 unspecified atom stereocenters. The van der Waals surface area contributed by atoms with Crippen LogP contribution in [0, 0.1) is 11.8 Å². The van der Waals surface area contributed by atoms with Crippen molar-refractivity contribution < 1.29 is 9.53 Å². The molecule has 142 valence electrons. The van der Waals surface area contributed by atoms with Crippen molar-refractivity contribution >= 4 is 17.5 Å². The van der Waals surface area contributed by atoms with Crippen LogP contribution in [0.25, 0.3) is 0 Å². The molecule has 27 heavy (non-hydrogen) atoms. The van der Waals surface area contributed by atoms with E-state index in [2.05, 4.69) is 30.2 Å². The molecule has 0 aromatic carbocycles. The Bertz CT molecular complexity index is 801. The summed E-state index contributed by atoms with van der Waals surface area (Å²) in [6, 6.07) is 1.99. The third kappa shape index (κ3) is 3.68. The summed E-state index contributed by atoms with van der Waals surface area (Å²) in [6.45, 7) is 2.90. The summed E-state index contributed by atoms with van der Waals surface area (Å²) in [7, 11) is 3.92. The lowest BCUT2D eigenvalue weighted by atomic mass is 9.93. The molecule has 2 saturated heterocycles. The van der Waals surface area contributed by atoms with Crippen molar-refractivity contribution in [2.75, 3.05) is 50.1 Å². The van der Waals surface area contributed by atoms with Crippen LogP contribution in [-0.2, 0) is 4.74 Å². The fraction of sp³-hybridized carbons (Fsp3) is 0.500. The van der Waals surface area contributed by atoms with Crippen LogP contribution in [0.5, 0.6) is 0 Å². The molecule has 9 heteroatoms. The SMILES string of the molecule is CN(C)c1cc(N2C[C@@H]3[C@H](CNC(=O)c4cnccn4)CO[C@@H]3C2)ncn1. The Balaban J connectivity index is 1.37. The highest BCUT2D eigenvalue weighted by molar-refractivity contribution is 5.91. The Kier molecular flexibility index (Phi) is 4.85. The topological polar surface area (TPSA) is 96.4 Å². The molecular weight excluding hydrogens is 346 g/mol. The zero-order chi connectivity index (χ0) is 18.8. The summed E-state index contributed by atoms with van der Waals surface area (Å²) >= 11 is 0. The van der Waals surface area contributed by atoms with Crippen LogP contribution in [0.1, 0.15) is 10.5 Å². The highest BCUT2D eigenvalue weighted by atomic mass is 16.5. The van der Waals surface area contributed by atoms with E-state index in [1.165, 1.54) is 12.4 Å². The first-order valence-corrected chi connectivity index (χ1v) is 9.02. The van der Waals surface area contributed by atoms with E-state index >= 15 is 0 Å². The lowest BCUT2D eigenvalue weighted by Crippen LogP contribution is -2.34. The molecule has 0 saturated carbocycles. The number of carbonyl (C=O) groups is 1. The lowest BCUT2D eigenvalue weighted by molar-refractivity contribution is 0.0934. The molecule has 2 aliphatic heterocycles. The van der Waals surface area contributed by atoms with Gasteiger partial charge in [0.2, 0.25) is 0 Å². The van der Waals surface area contributed by atoms with E-state index in [-0.39, 0.29) is 17.9 Å². The monoisotopic (exact) mass is 369 g/mol. The van der Waals surface area contributed by atoms with Crippen molar-refractivity contribution in [3.8, 4) is 0 Å². The number of hydrogen-bond donors (Lipinski definition) is 1. The van der Waals surface area contributed by atoms with E-state index in [1.807, 2.05) is 25.1 Å². The van der Waals surface area contributed by atoms with E-state index in [1.54, 1.807) is 12.5 Å². The van der Waals surface area contributed by atoms with Crippen molar-refractivity contribution in [3.63, 3.8) is 0 Å². The standard InChI is InChI=1S/C18H23N7O2/c1-24(2)16-5-17(23-11-22-16)25-8-13-12(10-27-15(13)9-25)6-21-18(26)14-7-19-3-4-20-14/h3-5,7,11-13,15H,6,8-10H2,1-2H3,(H,21,26)/t12-,13-,15-/m1/s1. The molecule has 0 aliphatic carbocycles. The number of nitrogens with zero attached hydrogens (tertiary/aromatic N) is 6. The van der Waals surface area contributed by atoms with Crippen LogP contribution in [0.2, 0.25) is 0 Å². The number of aromatic nitrogens is 4. The predicted octanol–water partition coefficient (Wildman–Crippen LogP) is 0.214. The van der Waals surface area contributed by atoms with Gasteiger partial charge in [-0.25, -0.2) is 15.0 Å². The second-order valence-corrected chi connectivity index (χ2v) is 7.13. The Labute approximate surface area is 157 Å². The zero-order valence-corrected chi connectivity index (χ0v) is 15.4. The van der Waals surface area contributed by atoms with Crippen molar-refractivity contribution in [1.82, 2.24) is 25.3 Å². The highest BCUT2D eigenvalue weighted by Gasteiger charge is 2.44. The average Bonchev–Trinajstić information content (AvgIpc) is 3.28. The average molecular weight is 369 g/mol. The summed E-state index contributed by atoms with van der Waals surface area (Å²) in [5.74, 6) is 2.23. The highest BCUT2D eigenvalue weighted by Crippen LogP contribution is 2.35. The molecule has 2 aromatic rings. The van der Waals surface area contributed by atoms with Crippen molar-refractivity contribution in [2.45, 2.75) is 6.10 Å². The smallest absolute Gasteiger partial charge is 0.271 e. The summed E-state index contributed by atoms with van der Waals surface area (Å²) in [4.78, 5) is 33.0. The van der Waals surface area contributed by atoms with Crippen molar-refractivity contribution in [2.24, 2.45) is 11.8 Å². The molecule has 1 amide bonds. The van der Waals surface area contributed by atoms with Gasteiger partial charge in [-0.3, -0.25) is 9.78 Å². The molecule has 3 atom stereocenters. The number of carbonyl (C=O) groups excluding carboxylic acids is 1. The number of amides is 1. The van der Waals surface area contributed by atoms with Gasteiger partial charge in [0, 0.05) is 64.0 Å². The molecule has 1 N–H and O–H groups in total. The molecule has 2 fully saturated rings. The Hall–Kier alpha value is -2.81. The number of hydrogen-bond acceptors (Lipinski definition) is 8. The van der Waals surface area contributed by atoms with E-state index in [9.17, 15) is 4.79 Å². The van der Waals surface area contributed by atoms with Crippen LogP contribution in [0.15, 0.2) is 31.0 Å². The van der Waals surface area contributed by atoms with Gasteiger partial charge in [-0.1, -0.05) is 0 Å². The van der Waals surface area contributed by atoms with Gasteiger partial charge < -0.3 is 19.9 Å². The van der Waals surface area contributed by atoms with Gasteiger partial charge in [0.05, 0.1) is 18.9 Å². The minimum absolute atomic E-state index is 0.168. The molecule has 0 bridgehead atoms. The van der Waals surface area contributed by atoms with Gasteiger partial charge in [-0.15, -0.1) is 0 Å². The number of fused-ring (bicyclic) bond motifs is 1. The molecule has 4 heterocycles. The quantitative estimate of drug-likeness (QED) is 0.799. The molecule has 0 radical (unpaired) electrons. The van der Waals surface area contributed by atoms with Gasteiger partial charge >= 0.3 is 0 Å². The lowest BCUT2D eigenvalue weighted by Gasteiger charge is -2.22. The van der Waals surface area contributed by atoms with Gasteiger partial charge in [0.15, 0.2) is 0 Å². The molecule has 0 spiro atoms. The summed E-state index contributed by atoms with van der Waals surface area (Å²) < 4.78 is 5.98. The summed E-state index contributed by atoms with van der Waals surface area (Å²) in [6.07, 6.45) is 6.30. The Morgan fingerprint density at radius 2 is 2.19 bits per heavy atom. The zero-order valence-electron chi connectivity index (χ0n) is 15.4. The van der Waals surface area contributed by atoms with E-state index in [0.29, 0.717) is 24.8 Å². The van der Waals surface area contributed by atoms with Crippen LogP contribution < -0.4 is 15.1 Å². The van der Waals surface area contributed by atoms with Crippen LogP contribution in [0.4, 0.5) is 11.6 Å². The first kappa shape index (κ1) is 17.6. The van der Waals surface area contributed by atoms with E-state index in [0.717, 1.165) is 24.7 Å². The number of nitrogens with one attached hydrogen (secondary N) is 1. The van der Waals surface area contributed by atoms with Crippen LogP contribution in [-0.4, -0.2) is 72.3 Å². The van der Waals surface area contributed by atoms with Crippen molar-refractivity contribution in [1.29, 1.82) is 0 Å². The maximum Gasteiger partial charge on any atom is 0.271 e. The first-order valence-electron chi connectivity index (χ1n) is 9.02. The number of rotatable bonds is 5. The molecule has 4 rings (SSSR count). The van der Waals surface area contributed by atoms with Gasteiger partial charge in [-0.05, 0) is 0 Å². The second kappa shape index (κ2) is 7.43. The number of ether oxygens (including phenoxy) is 1. The van der Waals surface area contributed by atoms with Crippen LogP contribution in [0.3, 0.4) is 0 Å². The first-order chi connectivity index (χ1) is 13.1. The minimum Gasteiger partial charge on any atom is -0.376 e. The summed E-state index contributed by atoms with van der Waals surface area (Å²) in [5, 5.41) is 2.96. The minimum atomic E-state index is -0.201. The fourth-order valence-electron chi connectivity index (χ4n) is 3.68.